The number of rotatable bonds is 5. The Bertz CT molecular complexity index is 752. The van der Waals surface area contributed by atoms with Crippen LogP contribution in [0.3, 0.4) is 0 Å². The first-order valence-electron chi connectivity index (χ1n) is 7.75. The Morgan fingerprint density at radius 1 is 1.29 bits per heavy atom. The Balaban J connectivity index is 1.71. The largest absolute Gasteiger partial charge is 0.495 e. The Morgan fingerprint density at radius 2 is 2.08 bits per heavy atom. The fourth-order valence-corrected chi connectivity index (χ4v) is 2.71. The van der Waals surface area contributed by atoms with E-state index in [0.717, 1.165) is 12.2 Å². The summed E-state index contributed by atoms with van der Waals surface area (Å²) in [4.78, 5) is 25.9. The molecule has 2 unspecified atom stereocenters. The fourth-order valence-electron chi connectivity index (χ4n) is 2.71. The molecule has 126 valence electrons. The van der Waals surface area contributed by atoms with Crippen LogP contribution in [0.4, 0.5) is 5.69 Å². The molecule has 0 radical (unpaired) electrons. The predicted molar refractivity (Wildman–Crippen MR) is 89.2 cm³/mol. The highest BCUT2D eigenvalue weighted by Gasteiger charge is 2.46. The Labute approximate surface area is 140 Å². The summed E-state index contributed by atoms with van der Waals surface area (Å²) in [6.07, 6.45) is 2.39. The number of methoxy groups -OCH3 is 1. The number of furan rings is 1. The maximum Gasteiger partial charge on any atom is 0.253 e. The molecule has 0 saturated heterocycles. The van der Waals surface area contributed by atoms with Gasteiger partial charge in [0.1, 0.15) is 11.5 Å². The lowest BCUT2D eigenvalue weighted by Crippen LogP contribution is -2.22. The normalized spacial score (nSPS) is 18.8. The third kappa shape index (κ3) is 3.13. The van der Waals surface area contributed by atoms with E-state index in [1.165, 1.54) is 12.0 Å². The van der Waals surface area contributed by atoms with Gasteiger partial charge in [-0.3, -0.25) is 9.59 Å². The van der Waals surface area contributed by atoms with Crippen molar-refractivity contribution < 1.29 is 18.7 Å². The summed E-state index contributed by atoms with van der Waals surface area (Å²) in [5.74, 6) is 1.16. The Hall–Kier alpha value is -2.76. The van der Waals surface area contributed by atoms with Crippen LogP contribution in [-0.4, -0.2) is 37.9 Å². The van der Waals surface area contributed by atoms with E-state index in [4.69, 9.17) is 9.15 Å². The van der Waals surface area contributed by atoms with Gasteiger partial charge in [-0.2, -0.15) is 0 Å². The number of amides is 2. The zero-order chi connectivity index (χ0) is 17.3. The van der Waals surface area contributed by atoms with Crippen LogP contribution < -0.4 is 10.1 Å². The fraction of sp³-hybridized carbons (Fsp3) is 0.333. The smallest absolute Gasteiger partial charge is 0.253 e. The van der Waals surface area contributed by atoms with Gasteiger partial charge < -0.3 is 19.4 Å². The van der Waals surface area contributed by atoms with Crippen molar-refractivity contribution in [1.29, 1.82) is 0 Å². The van der Waals surface area contributed by atoms with E-state index in [9.17, 15) is 9.59 Å². The Morgan fingerprint density at radius 3 is 2.71 bits per heavy atom. The molecular formula is C18H20N2O4. The molecule has 3 rings (SSSR count). The van der Waals surface area contributed by atoms with Crippen molar-refractivity contribution >= 4 is 17.5 Å². The molecule has 2 amide bonds. The zero-order valence-corrected chi connectivity index (χ0v) is 13.9. The first kappa shape index (κ1) is 16.1. The molecular weight excluding hydrogens is 308 g/mol. The monoisotopic (exact) mass is 328 g/mol. The second kappa shape index (κ2) is 6.39. The number of anilines is 1. The van der Waals surface area contributed by atoms with E-state index in [1.54, 1.807) is 38.6 Å². The van der Waals surface area contributed by atoms with Crippen LogP contribution in [0.1, 0.15) is 28.5 Å². The lowest BCUT2D eigenvalue weighted by molar-refractivity contribution is -0.117. The average molecular weight is 328 g/mol. The van der Waals surface area contributed by atoms with Crippen molar-refractivity contribution in [2.75, 3.05) is 26.5 Å². The molecule has 1 aromatic carbocycles. The zero-order valence-electron chi connectivity index (χ0n) is 13.9. The number of hydrogen-bond donors (Lipinski definition) is 1. The number of hydrogen-bond acceptors (Lipinski definition) is 4. The van der Waals surface area contributed by atoms with Crippen LogP contribution in [0.15, 0.2) is 41.0 Å². The van der Waals surface area contributed by atoms with Crippen LogP contribution >= 0.6 is 0 Å². The SMILES string of the molecule is COc1cc(C(=O)N(C)C)ccc1NC(=O)C1CC1c1ccco1. The number of ether oxygens (including phenoxy) is 1. The van der Waals surface area contributed by atoms with Crippen molar-refractivity contribution in [2.24, 2.45) is 5.92 Å². The molecule has 1 N–H and O–H groups in total. The topological polar surface area (TPSA) is 71.8 Å². The summed E-state index contributed by atoms with van der Waals surface area (Å²) in [6, 6.07) is 8.72. The second-order valence-electron chi connectivity index (χ2n) is 6.07. The van der Waals surface area contributed by atoms with Crippen molar-refractivity contribution in [1.82, 2.24) is 4.90 Å². The molecule has 1 fully saturated rings. The maximum absolute atomic E-state index is 12.4. The summed E-state index contributed by atoms with van der Waals surface area (Å²) in [6.45, 7) is 0. The summed E-state index contributed by atoms with van der Waals surface area (Å²) < 4.78 is 10.7. The van der Waals surface area contributed by atoms with Crippen LogP contribution in [0.2, 0.25) is 0 Å². The molecule has 1 aliphatic carbocycles. The van der Waals surface area contributed by atoms with Crippen molar-refractivity contribution in [2.45, 2.75) is 12.3 Å². The van der Waals surface area contributed by atoms with Crippen molar-refractivity contribution in [3.05, 3.63) is 47.9 Å². The molecule has 1 heterocycles. The van der Waals surface area contributed by atoms with Crippen LogP contribution in [0, 0.1) is 5.92 Å². The molecule has 1 aliphatic rings. The van der Waals surface area contributed by atoms with E-state index in [-0.39, 0.29) is 23.7 Å². The molecule has 2 aromatic rings. The highest BCUT2D eigenvalue weighted by atomic mass is 16.5. The van der Waals surface area contributed by atoms with Gasteiger partial charge in [0, 0.05) is 31.5 Å². The molecule has 0 aliphatic heterocycles. The van der Waals surface area contributed by atoms with Gasteiger partial charge in [-0.25, -0.2) is 0 Å². The summed E-state index contributed by atoms with van der Waals surface area (Å²) in [7, 11) is 4.89. The number of carbonyl (C=O) groups excluding carboxylic acids is 2. The standard InChI is InChI=1S/C18H20N2O4/c1-20(2)18(22)11-6-7-14(16(9-11)23-3)19-17(21)13-10-12(13)15-5-4-8-24-15/h4-9,12-13H,10H2,1-3H3,(H,19,21). The number of carbonyl (C=O) groups is 2. The van der Waals surface area contributed by atoms with Gasteiger partial charge in [-0.1, -0.05) is 0 Å². The molecule has 24 heavy (non-hydrogen) atoms. The number of benzene rings is 1. The van der Waals surface area contributed by atoms with Crippen LogP contribution in [0.25, 0.3) is 0 Å². The lowest BCUT2D eigenvalue weighted by Gasteiger charge is -2.14. The lowest BCUT2D eigenvalue weighted by atomic mass is 10.1. The number of nitrogens with one attached hydrogen (secondary N) is 1. The van der Waals surface area contributed by atoms with Gasteiger partial charge in [-0.15, -0.1) is 0 Å². The highest BCUT2D eigenvalue weighted by Crippen LogP contribution is 2.48. The summed E-state index contributed by atoms with van der Waals surface area (Å²) >= 11 is 0. The second-order valence-corrected chi connectivity index (χ2v) is 6.07. The van der Waals surface area contributed by atoms with Gasteiger partial charge in [0.25, 0.3) is 5.91 Å². The van der Waals surface area contributed by atoms with Gasteiger partial charge >= 0.3 is 0 Å². The van der Waals surface area contributed by atoms with Crippen molar-refractivity contribution in [3.8, 4) is 5.75 Å². The summed E-state index contributed by atoms with van der Waals surface area (Å²) in [5, 5.41) is 2.88. The van der Waals surface area contributed by atoms with Gasteiger partial charge in [0.15, 0.2) is 0 Å². The third-order valence-electron chi connectivity index (χ3n) is 4.15. The van der Waals surface area contributed by atoms with Crippen molar-refractivity contribution in [3.63, 3.8) is 0 Å². The molecule has 0 spiro atoms. The third-order valence-corrected chi connectivity index (χ3v) is 4.15. The van der Waals surface area contributed by atoms with E-state index < -0.39 is 0 Å². The minimum Gasteiger partial charge on any atom is -0.495 e. The van der Waals surface area contributed by atoms with E-state index in [1.807, 2.05) is 12.1 Å². The van der Waals surface area contributed by atoms with Crippen LogP contribution in [0.5, 0.6) is 5.75 Å². The molecule has 1 aromatic heterocycles. The van der Waals surface area contributed by atoms with Gasteiger partial charge in [0.05, 0.1) is 19.1 Å². The molecule has 6 nitrogen and oxygen atoms in total. The summed E-state index contributed by atoms with van der Waals surface area (Å²) in [5.41, 5.74) is 1.07. The quantitative estimate of drug-likeness (QED) is 0.916. The maximum atomic E-state index is 12.4. The first-order valence-corrected chi connectivity index (χ1v) is 7.75. The highest BCUT2D eigenvalue weighted by molar-refractivity contribution is 5.98. The predicted octanol–water partition coefficient (Wildman–Crippen LogP) is 2.73. The minimum absolute atomic E-state index is 0.0682. The molecule has 1 saturated carbocycles. The minimum atomic E-state index is -0.119. The molecule has 0 bridgehead atoms. The van der Waals surface area contributed by atoms with Crippen LogP contribution in [-0.2, 0) is 4.79 Å². The van der Waals surface area contributed by atoms with Gasteiger partial charge in [-0.05, 0) is 36.8 Å². The average Bonchev–Trinajstić information content (AvgIpc) is 3.20. The van der Waals surface area contributed by atoms with E-state index in [2.05, 4.69) is 5.32 Å². The van der Waals surface area contributed by atoms with E-state index in [0.29, 0.717) is 17.0 Å². The van der Waals surface area contributed by atoms with Gasteiger partial charge in [0.2, 0.25) is 5.91 Å². The first-order chi connectivity index (χ1) is 11.5. The molecule has 2 atom stereocenters. The van der Waals surface area contributed by atoms with E-state index >= 15 is 0 Å². The number of nitrogens with zero attached hydrogens (tertiary/aromatic N) is 1. The Kier molecular flexibility index (Phi) is 4.29. The molecule has 6 heteroatoms.